The van der Waals surface area contributed by atoms with Crippen LogP contribution >= 0.6 is 23.2 Å². The van der Waals surface area contributed by atoms with Crippen molar-refractivity contribution in [3.05, 3.63) is 52.1 Å². The molecular weight excluding hydrogens is 313 g/mol. The fourth-order valence-electron chi connectivity index (χ4n) is 1.50. The number of para-hydroxylation sites is 1. The summed E-state index contributed by atoms with van der Waals surface area (Å²) in [7, 11) is 0. The van der Waals surface area contributed by atoms with Gasteiger partial charge in [-0.05, 0) is 30.7 Å². The van der Waals surface area contributed by atoms with Gasteiger partial charge in [0.15, 0.2) is 0 Å². The van der Waals surface area contributed by atoms with Crippen LogP contribution in [0.5, 0.6) is 0 Å². The van der Waals surface area contributed by atoms with Crippen molar-refractivity contribution in [2.24, 2.45) is 0 Å². The highest BCUT2D eigenvalue weighted by atomic mass is 35.5. The van der Waals surface area contributed by atoms with Crippen molar-refractivity contribution in [3.63, 3.8) is 0 Å². The molecule has 0 aliphatic heterocycles. The van der Waals surface area contributed by atoms with Crippen LogP contribution in [0.3, 0.4) is 0 Å². The van der Waals surface area contributed by atoms with Crippen LogP contribution in [0.15, 0.2) is 36.5 Å². The van der Waals surface area contributed by atoms with Gasteiger partial charge in [0.2, 0.25) is 0 Å². The number of benzene rings is 1. The zero-order valence-corrected chi connectivity index (χ0v) is 12.5. The minimum absolute atomic E-state index is 0.192. The molecule has 2 rings (SSSR count). The number of nitrogens with one attached hydrogen (secondary N) is 2. The molecule has 0 fully saturated rings. The van der Waals surface area contributed by atoms with Gasteiger partial charge in [0.05, 0.1) is 15.7 Å². The second kappa shape index (κ2) is 6.56. The highest BCUT2D eigenvalue weighted by Gasteiger charge is 2.17. The highest BCUT2D eigenvalue weighted by Crippen LogP contribution is 2.29. The molecule has 1 heterocycles. The van der Waals surface area contributed by atoms with Crippen molar-refractivity contribution in [2.45, 2.75) is 6.92 Å². The van der Waals surface area contributed by atoms with E-state index in [4.69, 9.17) is 23.2 Å². The Bertz CT molecular complexity index is 667. The molecule has 0 aliphatic carbocycles. The molecule has 2 amide bonds. The van der Waals surface area contributed by atoms with Crippen molar-refractivity contribution >= 4 is 46.5 Å². The van der Waals surface area contributed by atoms with Crippen LogP contribution in [-0.2, 0) is 9.59 Å². The van der Waals surface area contributed by atoms with Gasteiger partial charge in [-0.15, -0.1) is 0 Å². The Morgan fingerprint density at radius 2 is 1.62 bits per heavy atom. The van der Waals surface area contributed by atoms with E-state index in [0.717, 1.165) is 5.56 Å². The zero-order valence-electron chi connectivity index (χ0n) is 11.0. The van der Waals surface area contributed by atoms with Gasteiger partial charge in [-0.25, -0.2) is 4.98 Å². The summed E-state index contributed by atoms with van der Waals surface area (Å²) in [4.78, 5) is 27.6. The molecule has 21 heavy (non-hydrogen) atoms. The Labute approximate surface area is 131 Å². The first-order valence-electron chi connectivity index (χ1n) is 5.96. The highest BCUT2D eigenvalue weighted by molar-refractivity contribution is 6.46. The molecule has 1 aromatic carbocycles. The predicted octanol–water partition coefficient (Wildman–Crippen LogP) is 3.27. The molecule has 0 bridgehead atoms. The van der Waals surface area contributed by atoms with Crippen molar-refractivity contribution < 1.29 is 9.59 Å². The molecule has 2 N–H and O–H groups in total. The average Bonchev–Trinajstić information content (AvgIpc) is 2.45. The largest absolute Gasteiger partial charge is 0.315 e. The van der Waals surface area contributed by atoms with Gasteiger partial charge in [0.25, 0.3) is 0 Å². The summed E-state index contributed by atoms with van der Waals surface area (Å²) in [5.41, 5.74) is 1.14. The number of nitrogens with zero attached hydrogens (tertiary/aromatic N) is 1. The summed E-state index contributed by atoms with van der Waals surface area (Å²) < 4.78 is 0. The van der Waals surface area contributed by atoms with E-state index >= 15 is 0 Å². The molecule has 1 aromatic heterocycles. The lowest BCUT2D eigenvalue weighted by Crippen LogP contribution is -2.29. The minimum atomic E-state index is -0.882. The molecule has 2 aromatic rings. The lowest BCUT2D eigenvalue weighted by atomic mass is 10.3. The predicted molar refractivity (Wildman–Crippen MR) is 82.7 cm³/mol. The van der Waals surface area contributed by atoms with E-state index in [1.165, 1.54) is 0 Å². The monoisotopic (exact) mass is 323 g/mol. The average molecular weight is 324 g/mol. The van der Waals surface area contributed by atoms with Crippen LogP contribution in [0, 0.1) is 6.92 Å². The zero-order chi connectivity index (χ0) is 15.4. The molecule has 7 heteroatoms. The van der Waals surface area contributed by atoms with Crippen LogP contribution in [0.2, 0.25) is 10.0 Å². The molecule has 0 atom stereocenters. The Hall–Kier alpha value is -2.11. The normalized spacial score (nSPS) is 10.0. The van der Waals surface area contributed by atoms with E-state index < -0.39 is 11.8 Å². The number of halogens is 2. The number of rotatable bonds is 2. The summed E-state index contributed by atoms with van der Waals surface area (Å²) in [5.74, 6) is -1.46. The Morgan fingerprint density at radius 3 is 2.19 bits per heavy atom. The summed E-state index contributed by atoms with van der Waals surface area (Å²) in [6.07, 6.45) is 1.58. The molecule has 0 aliphatic rings. The van der Waals surface area contributed by atoms with Gasteiger partial charge < -0.3 is 10.6 Å². The van der Waals surface area contributed by atoms with Crippen LogP contribution in [0.25, 0.3) is 0 Å². The maximum atomic E-state index is 11.8. The van der Waals surface area contributed by atoms with E-state index in [1.807, 2.05) is 6.92 Å². The van der Waals surface area contributed by atoms with Gasteiger partial charge in [-0.1, -0.05) is 35.3 Å². The second-order valence-corrected chi connectivity index (χ2v) is 5.04. The molecule has 5 nitrogen and oxygen atoms in total. The lowest BCUT2D eigenvalue weighted by Gasteiger charge is -2.09. The summed E-state index contributed by atoms with van der Waals surface area (Å²) in [6.45, 7) is 1.87. The Balaban J connectivity index is 2.06. The number of carbonyl (C=O) groups is 2. The first-order valence-corrected chi connectivity index (χ1v) is 6.72. The standard InChI is InChI=1S/C14H11Cl2N3O2/c1-8-5-6-11(17-7-8)18-13(20)14(21)19-12-9(15)3-2-4-10(12)16/h2-7H,1H3,(H,19,21)(H,17,18,20). The number of hydrogen-bond donors (Lipinski definition) is 2. The van der Waals surface area contributed by atoms with Gasteiger partial charge in [-0.3, -0.25) is 9.59 Å². The maximum absolute atomic E-state index is 11.8. The van der Waals surface area contributed by atoms with Gasteiger partial charge >= 0.3 is 11.8 Å². The number of carbonyl (C=O) groups excluding carboxylic acids is 2. The minimum Gasteiger partial charge on any atom is -0.315 e. The smallest absolute Gasteiger partial charge is 0.315 e. The molecule has 0 saturated carbocycles. The third-order valence-corrected chi connectivity index (χ3v) is 3.19. The van der Waals surface area contributed by atoms with E-state index in [-0.39, 0.29) is 21.6 Å². The van der Waals surface area contributed by atoms with E-state index in [2.05, 4.69) is 15.6 Å². The third-order valence-electron chi connectivity index (χ3n) is 2.56. The SMILES string of the molecule is Cc1ccc(NC(=O)C(=O)Nc2c(Cl)cccc2Cl)nc1. The number of aryl methyl sites for hydroxylation is 1. The van der Waals surface area contributed by atoms with Gasteiger partial charge in [-0.2, -0.15) is 0 Å². The maximum Gasteiger partial charge on any atom is 0.315 e. The Morgan fingerprint density at radius 1 is 1.00 bits per heavy atom. The second-order valence-electron chi connectivity index (χ2n) is 4.23. The topological polar surface area (TPSA) is 71.1 Å². The van der Waals surface area contributed by atoms with E-state index in [9.17, 15) is 9.59 Å². The van der Waals surface area contributed by atoms with Crippen molar-refractivity contribution in [2.75, 3.05) is 10.6 Å². The number of anilines is 2. The fraction of sp³-hybridized carbons (Fsp3) is 0.0714. The van der Waals surface area contributed by atoms with Gasteiger partial charge in [0, 0.05) is 6.20 Å². The molecule has 0 unspecified atom stereocenters. The molecule has 108 valence electrons. The van der Waals surface area contributed by atoms with Crippen LogP contribution in [0.4, 0.5) is 11.5 Å². The van der Waals surface area contributed by atoms with Gasteiger partial charge in [0.1, 0.15) is 5.82 Å². The van der Waals surface area contributed by atoms with E-state index in [0.29, 0.717) is 0 Å². The molecule has 0 spiro atoms. The summed E-state index contributed by atoms with van der Waals surface area (Å²) in [5, 5.41) is 5.24. The number of amides is 2. The fourth-order valence-corrected chi connectivity index (χ4v) is 1.99. The number of aromatic nitrogens is 1. The van der Waals surface area contributed by atoms with Crippen molar-refractivity contribution in [1.29, 1.82) is 0 Å². The first-order chi connectivity index (χ1) is 9.97. The van der Waals surface area contributed by atoms with Crippen LogP contribution < -0.4 is 10.6 Å². The first kappa shape index (κ1) is 15.3. The summed E-state index contributed by atoms with van der Waals surface area (Å²) >= 11 is 11.8. The quantitative estimate of drug-likeness (QED) is 0.833. The summed E-state index contributed by atoms with van der Waals surface area (Å²) in [6, 6.07) is 8.12. The Kier molecular flexibility index (Phi) is 4.77. The number of pyridine rings is 1. The molecule has 0 radical (unpaired) electrons. The third kappa shape index (κ3) is 3.93. The van der Waals surface area contributed by atoms with Crippen molar-refractivity contribution in [3.8, 4) is 0 Å². The van der Waals surface area contributed by atoms with Crippen LogP contribution in [-0.4, -0.2) is 16.8 Å². The van der Waals surface area contributed by atoms with E-state index in [1.54, 1.807) is 36.5 Å². The van der Waals surface area contributed by atoms with Crippen LogP contribution in [0.1, 0.15) is 5.56 Å². The number of hydrogen-bond acceptors (Lipinski definition) is 3. The molecule has 0 saturated heterocycles. The molecular formula is C14H11Cl2N3O2. The lowest BCUT2D eigenvalue weighted by molar-refractivity contribution is -0.133. The van der Waals surface area contributed by atoms with Crippen molar-refractivity contribution in [1.82, 2.24) is 4.98 Å².